The molecule has 0 bridgehead atoms. The molecular formula is C26H27N5O7S. The first-order chi connectivity index (χ1) is 18.7. The quantitative estimate of drug-likeness (QED) is 0.229. The lowest BCUT2D eigenvalue weighted by Gasteiger charge is -2.29. The van der Waals surface area contributed by atoms with Crippen molar-refractivity contribution in [2.24, 2.45) is 5.10 Å². The average Bonchev–Trinajstić information content (AvgIpc) is 2.93. The van der Waals surface area contributed by atoms with Gasteiger partial charge in [0, 0.05) is 36.5 Å². The molecule has 0 saturated carbocycles. The third-order valence-electron chi connectivity index (χ3n) is 5.76. The molecule has 0 radical (unpaired) electrons. The molecule has 3 aromatic carbocycles. The Kier molecular flexibility index (Phi) is 8.74. The van der Waals surface area contributed by atoms with Crippen LogP contribution in [0.4, 0.5) is 17.1 Å². The molecule has 12 nitrogen and oxygen atoms in total. The number of hydrogen-bond acceptors (Lipinski definition) is 9. The van der Waals surface area contributed by atoms with Crippen molar-refractivity contribution in [2.45, 2.75) is 0 Å². The zero-order valence-corrected chi connectivity index (χ0v) is 21.9. The zero-order valence-electron chi connectivity index (χ0n) is 21.1. The molecule has 1 amide bonds. The normalized spacial score (nSPS) is 13.7. The monoisotopic (exact) mass is 553 g/mol. The Morgan fingerprint density at radius 1 is 1.10 bits per heavy atom. The topological polar surface area (TPSA) is 144 Å². The van der Waals surface area contributed by atoms with Gasteiger partial charge in [-0.2, -0.15) is 5.10 Å². The predicted molar refractivity (Wildman–Crippen MR) is 147 cm³/mol. The van der Waals surface area contributed by atoms with Crippen molar-refractivity contribution in [1.29, 1.82) is 0 Å². The number of nitro benzene ring substituents is 1. The van der Waals surface area contributed by atoms with E-state index in [1.54, 1.807) is 30.3 Å². The standard InChI is InChI=1S/C26H27N5O7S/c1-39(35,36)30(21-7-10-24(11-8-21)38-23-5-3-2-4-6-23)19-26(32)28-27-18-20-17-22(31(33)34)9-12-25(20)29-13-15-37-16-14-29/h2-12,17-18H,13-16,19H2,1H3,(H,28,32)/b27-18-. The van der Waals surface area contributed by atoms with Gasteiger partial charge in [-0.25, -0.2) is 13.8 Å². The number of rotatable bonds is 10. The molecule has 0 unspecified atom stereocenters. The lowest BCUT2D eigenvalue weighted by Crippen LogP contribution is -2.39. The van der Waals surface area contributed by atoms with E-state index in [0.29, 0.717) is 49.1 Å². The molecule has 39 heavy (non-hydrogen) atoms. The molecule has 204 valence electrons. The van der Waals surface area contributed by atoms with Crippen molar-refractivity contribution in [3.8, 4) is 11.5 Å². The minimum atomic E-state index is -3.81. The summed E-state index contributed by atoms with van der Waals surface area (Å²) in [4.78, 5) is 25.4. The van der Waals surface area contributed by atoms with Gasteiger partial charge in [0.25, 0.3) is 11.6 Å². The fourth-order valence-corrected chi connectivity index (χ4v) is 4.75. The highest BCUT2D eigenvalue weighted by Crippen LogP contribution is 2.26. The van der Waals surface area contributed by atoms with Crippen LogP contribution < -0.4 is 19.4 Å². The number of benzene rings is 3. The second-order valence-electron chi connectivity index (χ2n) is 8.57. The molecule has 0 spiro atoms. The number of para-hydroxylation sites is 1. The van der Waals surface area contributed by atoms with Crippen molar-refractivity contribution >= 4 is 39.2 Å². The molecule has 1 fully saturated rings. The predicted octanol–water partition coefficient (Wildman–Crippen LogP) is 3.14. The Morgan fingerprint density at radius 3 is 2.41 bits per heavy atom. The summed E-state index contributed by atoms with van der Waals surface area (Å²) < 4.78 is 37.0. The van der Waals surface area contributed by atoms with Crippen LogP contribution in [-0.4, -0.2) is 64.6 Å². The number of hydrogen-bond donors (Lipinski definition) is 1. The van der Waals surface area contributed by atoms with Crippen molar-refractivity contribution in [3.63, 3.8) is 0 Å². The second-order valence-corrected chi connectivity index (χ2v) is 10.5. The van der Waals surface area contributed by atoms with E-state index in [-0.39, 0.29) is 11.4 Å². The van der Waals surface area contributed by atoms with Crippen molar-refractivity contribution < 1.29 is 27.6 Å². The van der Waals surface area contributed by atoms with Gasteiger partial charge in [0.05, 0.1) is 36.3 Å². The number of nitro groups is 1. The average molecular weight is 554 g/mol. The van der Waals surface area contributed by atoms with Crippen molar-refractivity contribution in [2.75, 3.05) is 48.3 Å². The number of nitrogens with one attached hydrogen (secondary N) is 1. The molecule has 4 rings (SSSR count). The Hall–Kier alpha value is -4.49. The smallest absolute Gasteiger partial charge is 0.270 e. The summed E-state index contributed by atoms with van der Waals surface area (Å²) in [6.45, 7) is 1.71. The van der Waals surface area contributed by atoms with Crippen molar-refractivity contribution in [3.05, 3.63) is 88.5 Å². The van der Waals surface area contributed by atoms with Crippen LogP contribution in [0, 0.1) is 10.1 Å². The number of sulfonamides is 1. The third kappa shape index (κ3) is 7.52. The van der Waals surface area contributed by atoms with E-state index in [9.17, 15) is 23.3 Å². The summed E-state index contributed by atoms with van der Waals surface area (Å²) in [6, 6.07) is 19.8. The van der Waals surface area contributed by atoms with E-state index in [0.717, 1.165) is 10.6 Å². The first-order valence-electron chi connectivity index (χ1n) is 11.9. The van der Waals surface area contributed by atoms with Crippen LogP contribution in [-0.2, 0) is 19.6 Å². The minimum absolute atomic E-state index is 0.122. The van der Waals surface area contributed by atoms with E-state index < -0.39 is 27.4 Å². The molecular weight excluding hydrogens is 526 g/mol. The van der Waals surface area contributed by atoms with Crippen molar-refractivity contribution in [1.82, 2.24) is 5.43 Å². The van der Waals surface area contributed by atoms with Crippen LogP contribution in [0.5, 0.6) is 11.5 Å². The molecule has 0 aromatic heterocycles. The largest absolute Gasteiger partial charge is 0.457 e. The number of ether oxygens (including phenoxy) is 2. The summed E-state index contributed by atoms with van der Waals surface area (Å²) in [5, 5.41) is 15.2. The number of nitrogens with zero attached hydrogens (tertiary/aromatic N) is 4. The van der Waals surface area contributed by atoms with E-state index in [4.69, 9.17) is 9.47 Å². The first-order valence-corrected chi connectivity index (χ1v) is 13.8. The van der Waals surface area contributed by atoms with Gasteiger partial charge in [0.2, 0.25) is 10.0 Å². The highest BCUT2D eigenvalue weighted by Gasteiger charge is 2.21. The Bertz CT molecular complexity index is 1440. The Labute approximate surface area is 225 Å². The summed E-state index contributed by atoms with van der Waals surface area (Å²) >= 11 is 0. The SMILES string of the molecule is CS(=O)(=O)N(CC(=O)N/N=C\c1cc([N+](=O)[O-])ccc1N1CCOCC1)c1ccc(Oc2ccccc2)cc1. The fourth-order valence-electron chi connectivity index (χ4n) is 3.90. The number of anilines is 2. The number of amides is 1. The summed E-state index contributed by atoms with van der Waals surface area (Å²) in [6.07, 6.45) is 2.30. The van der Waals surface area contributed by atoms with Gasteiger partial charge in [-0.1, -0.05) is 18.2 Å². The number of hydrazone groups is 1. The van der Waals surface area contributed by atoms with E-state index >= 15 is 0 Å². The second kappa shape index (κ2) is 12.4. The van der Waals surface area contributed by atoms with Gasteiger partial charge < -0.3 is 14.4 Å². The lowest BCUT2D eigenvalue weighted by molar-refractivity contribution is -0.384. The summed E-state index contributed by atoms with van der Waals surface area (Å²) in [5.74, 6) is 0.433. The van der Waals surface area contributed by atoms with Crippen LogP contribution in [0.15, 0.2) is 77.9 Å². The van der Waals surface area contributed by atoms with Gasteiger partial charge in [0.1, 0.15) is 18.0 Å². The first kappa shape index (κ1) is 27.5. The van der Waals surface area contributed by atoms with E-state index in [1.165, 1.54) is 30.5 Å². The van der Waals surface area contributed by atoms with Crippen LogP contribution in [0.25, 0.3) is 0 Å². The third-order valence-corrected chi connectivity index (χ3v) is 6.90. The number of morpholine rings is 1. The Balaban J connectivity index is 1.45. The maximum Gasteiger partial charge on any atom is 0.270 e. The molecule has 13 heteroatoms. The molecule has 1 aliphatic heterocycles. The number of carbonyl (C=O) groups is 1. The van der Waals surface area contributed by atoms with Crippen LogP contribution in [0.1, 0.15) is 5.56 Å². The summed E-state index contributed by atoms with van der Waals surface area (Å²) in [7, 11) is -3.81. The van der Waals surface area contributed by atoms with E-state index in [2.05, 4.69) is 10.5 Å². The molecule has 1 aliphatic rings. The zero-order chi connectivity index (χ0) is 27.8. The molecule has 0 aliphatic carbocycles. The lowest BCUT2D eigenvalue weighted by atomic mass is 10.1. The maximum atomic E-state index is 12.6. The highest BCUT2D eigenvalue weighted by molar-refractivity contribution is 7.92. The molecule has 1 saturated heterocycles. The minimum Gasteiger partial charge on any atom is -0.457 e. The molecule has 1 N–H and O–H groups in total. The Morgan fingerprint density at radius 2 is 1.77 bits per heavy atom. The highest BCUT2D eigenvalue weighted by atomic mass is 32.2. The van der Waals surface area contributed by atoms with Gasteiger partial charge in [0.15, 0.2) is 0 Å². The van der Waals surface area contributed by atoms with Crippen LogP contribution in [0.2, 0.25) is 0 Å². The molecule has 0 atom stereocenters. The van der Waals surface area contributed by atoms with Crippen LogP contribution in [0.3, 0.4) is 0 Å². The van der Waals surface area contributed by atoms with Gasteiger partial charge >= 0.3 is 0 Å². The number of non-ortho nitro benzene ring substituents is 1. The fraction of sp³-hybridized carbons (Fsp3) is 0.231. The number of carbonyl (C=O) groups excluding carboxylic acids is 1. The molecule has 1 heterocycles. The van der Waals surface area contributed by atoms with E-state index in [1.807, 2.05) is 23.1 Å². The van der Waals surface area contributed by atoms with Gasteiger partial charge in [-0.3, -0.25) is 19.2 Å². The maximum absolute atomic E-state index is 12.6. The summed E-state index contributed by atoms with van der Waals surface area (Å²) in [5.41, 5.74) is 3.60. The van der Waals surface area contributed by atoms with Gasteiger partial charge in [-0.05, 0) is 42.5 Å². The van der Waals surface area contributed by atoms with Gasteiger partial charge in [-0.15, -0.1) is 0 Å². The molecule has 3 aromatic rings. The van der Waals surface area contributed by atoms with Crippen LogP contribution >= 0.6 is 0 Å².